The smallest absolute Gasteiger partial charge is 0.376 e. The highest BCUT2D eigenvalue weighted by molar-refractivity contribution is 7.28. The van der Waals surface area contributed by atoms with Crippen LogP contribution in [0.4, 0.5) is 8.78 Å². The number of thiophene rings is 2. The number of fused-ring (bicyclic) bond motifs is 1. The van der Waals surface area contributed by atoms with Crippen LogP contribution in [0.1, 0.15) is 29.6 Å². The Labute approximate surface area is 126 Å². The van der Waals surface area contributed by atoms with Gasteiger partial charge in [-0.3, -0.25) is 0 Å². The number of hydrogen-bond donors (Lipinski definition) is 0. The molecule has 0 unspecified atom stereocenters. The van der Waals surface area contributed by atoms with E-state index in [-0.39, 0.29) is 12.5 Å². The minimum Gasteiger partial charge on any atom is -0.460 e. The molecule has 0 amide bonds. The van der Waals surface area contributed by atoms with Crippen LogP contribution in [0.25, 0.3) is 20.2 Å². The monoisotopic (exact) mass is 329 g/mol. The maximum Gasteiger partial charge on any atom is 0.376 e. The Bertz CT molecular complexity index is 762. The predicted octanol–water partition coefficient (Wildman–Crippen LogP) is 4.73. The molecule has 0 N–H and O–H groups in total. The Morgan fingerprint density at radius 2 is 2.29 bits per heavy atom. The van der Waals surface area contributed by atoms with Crippen molar-refractivity contribution in [1.82, 2.24) is 4.98 Å². The van der Waals surface area contributed by atoms with Crippen molar-refractivity contribution < 1.29 is 22.7 Å². The van der Waals surface area contributed by atoms with Crippen LogP contribution in [0.5, 0.6) is 0 Å². The molecule has 0 aliphatic heterocycles. The van der Waals surface area contributed by atoms with Crippen molar-refractivity contribution in [3.8, 4) is 10.8 Å². The van der Waals surface area contributed by atoms with Gasteiger partial charge in [-0.05, 0) is 24.4 Å². The standard InChI is InChI=1S/C13H9F2NO3S2/c1-2-18-13(17)10-9(11(14)15)16-12(19-10)8-5-7-6(21-8)3-4-20-7/h3-5,11H,2H2,1H3. The highest BCUT2D eigenvalue weighted by Gasteiger charge is 2.28. The van der Waals surface area contributed by atoms with Gasteiger partial charge in [0.05, 0.1) is 11.5 Å². The first kappa shape index (κ1) is 14.2. The van der Waals surface area contributed by atoms with Crippen molar-refractivity contribution in [3.63, 3.8) is 0 Å². The molecule has 0 saturated carbocycles. The molecule has 0 bridgehead atoms. The molecular formula is C13H9F2NO3S2. The Balaban J connectivity index is 2.05. The first-order valence-electron chi connectivity index (χ1n) is 6.03. The van der Waals surface area contributed by atoms with Crippen LogP contribution in [0.15, 0.2) is 21.9 Å². The van der Waals surface area contributed by atoms with Gasteiger partial charge in [-0.1, -0.05) is 0 Å². The highest BCUT2D eigenvalue weighted by atomic mass is 32.1. The van der Waals surface area contributed by atoms with Gasteiger partial charge >= 0.3 is 5.97 Å². The third-order valence-corrected chi connectivity index (χ3v) is 4.75. The number of ether oxygens (including phenoxy) is 1. The van der Waals surface area contributed by atoms with Crippen molar-refractivity contribution in [3.05, 3.63) is 29.0 Å². The molecule has 3 aromatic heterocycles. The van der Waals surface area contributed by atoms with Crippen molar-refractivity contribution >= 4 is 38.0 Å². The van der Waals surface area contributed by atoms with Crippen molar-refractivity contribution in [2.45, 2.75) is 13.3 Å². The molecule has 0 spiro atoms. The molecule has 0 atom stereocenters. The van der Waals surface area contributed by atoms with E-state index >= 15 is 0 Å². The van der Waals surface area contributed by atoms with Gasteiger partial charge in [0.25, 0.3) is 6.43 Å². The van der Waals surface area contributed by atoms with E-state index in [1.165, 1.54) is 22.7 Å². The first-order valence-corrected chi connectivity index (χ1v) is 7.73. The summed E-state index contributed by atoms with van der Waals surface area (Å²) in [6.45, 7) is 1.66. The molecule has 110 valence electrons. The fourth-order valence-electron chi connectivity index (χ4n) is 1.80. The van der Waals surface area contributed by atoms with Crippen LogP contribution in [0.3, 0.4) is 0 Å². The molecule has 3 aromatic rings. The molecule has 21 heavy (non-hydrogen) atoms. The lowest BCUT2D eigenvalue weighted by molar-refractivity contribution is 0.0476. The van der Waals surface area contributed by atoms with Gasteiger partial charge in [0, 0.05) is 9.40 Å². The van der Waals surface area contributed by atoms with Crippen LogP contribution in [0, 0.1) is 0 Å². The zero-order valence-electron chi connectivity index (χ0n) is 10.8. The van der Waals surface area contributed by atoms with E-state index in [4.69, 9.17) is 9.15 Å². The predicted molar refractivity (Wildman–Crippen MR) is 76.1 cm³/mol. The largest absolute Gasteiger partial charge is 0.460 e. The first-order chi connectivity index (χ1) is 10.1. The number of carbonyl (C=O) groups excluding carboxylic acids is 1. The number of hydrogen-bond acceptors (Lipinski definition) is 6. The minimum absolute atomic E-state index is 0.0155. The van der Waals surface area contributed by atoms with E-state index in [0.29, 0.717) is 4.88 Å². The zero-order chi connectivity index (χ0) is 15.0. The molecule has 8 heteroatoms. The van der Waals surface area contributed by atoms with Gasteiger partial charge in [-0.2, -0.15) is 0 Å². The lowest BCUT2D eigenvalue weighted by atomic mass is 10.3. The summed E-state index contributed by atoms with van der Waals surface area (Å²) >= 11 is 2.91. The summed E-state index contributed by atoms with van der Waals surface area (Å²) in [6.07, 6.45) is -2.90. The molecule has 0 aliphatic carbocycles. The topological polar surface area (TPSA) is 52.3 Å². The second-order valence-electron chi connectivity index (χ2n) is 4.01. The fraction of sp³-hybridized carbons (Fsp3) is 0.231. The SMILES string of the molecule is CCOC(=O)c1oc(-c2cc3sccc3s2)nc1C(F)F. The number of aromatic nitrogens is 1. The van der Waals surface area contributed by atoms with E-state index in [1.54, 1.807) is 13.0 Å². The van der Waals surface area contributed by atoms with E-state index in [9.17, 15) is 13.6 Å². The molecule has 0 aliphatic rings. The van der Waals surface area contributed by atoms with Gasteiger partial charge < -0.3 is 9.15 Å². The number of halogens is 2. The number of rotatable bonds is 4. The van der Waals surface area contributed by atoms with Gasteiger partial charge in [0.15, 0.2) is 5.69 Å². The Morgan fingerprint density at radius 3 is 2.95 bits per heavy atom. The van der Waals surface area contributed by atoms with Crippen LogP contribution < -0.4 is 0 Å². The molecule has 0 radical (unpaired) electrons. The van der Waals surface area contributed by atoms with Gasteiger partial charge in [-0.15, -0.1) is 22.7 Å². The lowest BCUT2D eigenvalue weighted by Gasteiger charge is -1.99. The number of esters is 1. The third-order valence-electron chi connectivity index (χ3n) is 2.67. The van der Waals surface area contributed by atoms with E-state index < -0.39 is 23.8 Å². The number of carbonyl (C=O) groups is 1. The maximum atomic E-state index is 13.0. The Hall–Kier alpha value is -1.80. The molecule has 0 fully saturated rings. The van der Waals surface area contributed by atoms with Gasteiger partial charge in [0.1, 0.15) is 0 Å². The summed E-state index contributed by atoms with van der Waals surface area (Å²) in [5, 5.41) is 1.94. The van der Waals surface area contributed by atoms with Crippen molar-refractivity contribution in [2.75, 3.05) is 6.61 Å². The Kier molecular flexibility index (Phi) is 3.73. The third kappa shape index (κ3) is 2.56. The summed E-state index contributed by atoms with van der Waals surface area (Å²) in [4.78, 5) is 16.0. The average Bonchev–Trinajstić information content (AvgIpc) is 3.11. The summed E-state index contributed by atoms with van der Waals surface area (Å²) in [5.41, 5.74) is -0.680. The number of alkyl halides is 2. The maximum absolute atomic E-state index is 13.0. The summed E-state index contributed by atoms with van der Waals surface area (Å²) < 4.78 is 37.9. The van der Waals surface area contributed by atoms with Crippen LogP contribution in [-0.2, 0) is 4.74 Å². The number of oxazole rings is 1. The van der Waals surface area contributed by atoms with E-state index in [1.807, 2.05) is 11.4 Å². The van der Waals surface area contributed by atoms with Crippen LogP contribution in [0.2, 0.25) is 0 Å². The molecule has 0 aromatic carbocycles. The second kappa shape index (κ2) is 5.53. The average molecular weight is 329 g/mol. The molecule has 3 heterocycles. The minimum atomic E-state index is -2.90. The quantitative estimate of drug-likeness (QED) is 0.649. The molecule has 4 nitrogen and oxygen atoms in total. The lowest BCUT2D eigenvalue weighted by Crippen LogP contribution is -2.06. The van der Waals surface area contributed by atoms with E-state index in [2.05, 4.69) is 4.98 Å². The second-order valence-corrected chi connectivity index (χ2v) is 6.05. The molecule has 3 rings (SSSR count). The highest BCUT2D eigenvalue weighted by Crippen LogP contribution is 2.37. The fourth-order valence-corrected chi connectivity index (χ4v) is 3.83. The van der Waals surface area contributed by atoms with Crippen LogP contribution >= 0.6 is 22.7 Å². The van der Waals surface area contributed by atoms with Crippen molar-refractivity contribution in [2.24, 2.45) is 0 Å². The summed E-state index contributed by atoms with van der Waals surface area (Å²) in [5.74, 6) is -1.44. The van der Waals surface area contributed by atoms with Crippen molar-refractivity contribution in [1.29, 1.82) is 0 Å². The van der Waals surface area contributed by atoms with Gasteiger partial charge in [0.2, 0.25) is 11.7 Å². The van der Waals surface area contributed by atoms with E-state index in [0.717, 1.165) is 9.40 Å². The van der Waals surface area contributed by atoms with Crippen LogP contribution in [-0.4, -0.2) is 17.6 Å². The summed E-state index contributed by atoms with van der Waals surface area (Å²) in [7, 11) is 0. The Morgan fingerprint density at radius 1 is 1.48 bits per heavy atom. The molecular weight excluding hydrogens is 320 g/mol. The molecule has 0 saturated heterocycles. The zero-order valence-corrected chi connectivity index (χ0v) is 12.4. The van der Waals surface area contributed by atoms with Gasteiger partial charge in [-0.25, -0.2) is 18.6 Å². The normalized spacial score (nSPS) is 11.4. The number of nitrogens with zero attached hydrogens (tertiary/aromatic N) is 1. The summed E-state index contributed by atoms with van der Waals surface area (Å²) in [6, 6.07) is 3.73.